The molecule has 0 radical (unpaired) electrons. The van der Waals surface area contributed by atoms with Gasteiger partial charge in [-0.05, 0) is 31.9 Å². The van der Waals surface area contributed by atoms with E-state index in [0.717, 1.165) is 24.1 Å². The lowest BCUT2D eigenvalue weighted by molar-refractivity contribution is -0.122. The van der Waals surface area contributed by atoms with Crippen LogP contribution in [0.4, 0.5) is 0 Å². The van der Waals surface area contributed by atoms with Gasteiger partial charge in [0.25, 0.3) is 0 Å². The monoisotopic (exact) mass is 203 g/mol. The summed E-state index contributed by atoms with van der Waals surface area (Å²) in [6.07, 6.45) is 5.40. The Kier molecular flexibility index (Phi) is 2.76. The van der Waals surface area contributed by atoms with E-state index in [1.54, 1.807) is 12.4 Å². The van der Waals surface area contributed by atoms with Gasteiger partial charge in [0.15, 0.2) is 0 Å². The predicted molar refractivity (Wildman–Crippen MR) is 57.3 cm³/mol. The molecule has 4 heteroatoms. The quantitative estimate of drug-likeness (QED) is 0.595. The minimum absolute atomic E-state index is 0.0309. The third-order valence-corrected chi connectivity index (χ3v) is 2.38. The van der Waals surface area contributed by atoms with Crippen molar-refractivity contribution in [1.29, 1.82) is 0 Å². The molecule has 0 aromatic carbocycles. The number of hydrazone groups is 1. The van der Waals surface area contributed by atoms with Crippen molar-refractivity contribution in [3.8, 4) is 0 Å². The van der Waals surface area contributed by atoms with Crippen LogP contribution in [0.2, 0.25) is 0 Å². The largest absolute Gasteiger partial charge is 0.273 e. The fraction of sp³-hybridized carbons (Fsp3) is 0.364. The zero-order chi connectivity index (χ0) is 10.7. The molecule has 1 saturated carbocycles. The first-order chi connectivity index (χ1) is 7.27. The van der Waals surface area contributed by atoms with Crippen LogP contribution in [0.5, 0.6) is 0 Å². The second-order valence-corrected chi connectivity index (χ2v) is 3.68. The molecule has 78 valence electrons. The van der Waals surface area contributed by atoms with Crippen LogP contribution in [0.15, 0.2) is 29.6 Å². The van der Waals surface area contributed by atoms with E-state index < -0.39 is 0 Å². The summed E-state index contributed by atoms with van der Waals surface area (Å²) in [6.45, 7) is 1.86. The fourth-order valence-corrected chi connectivity index (χ4v) is 1.23. The molecule has 0 spiro atoms. The van der Waals surface area contributed by atoms with Crippen LogP contribution in [-0.2, 0) is 4.79 Å². The van der Waals surface area contributed by atoms with Gasteiger partial charge in [0.05, 0.1) is 5.71 Å². The first-order valence-electron chi connectivity index (χ1n) is 5.02. The second-order valence-electron chi connectivity index (χ2n) is 3.68. The summed E-state index contributed by atoms with van der Waals surface area (Å²) in [5, 5.41) is 4.04. The summed E-state index contributed by atoms with van der Waals surface area (Å²) >= 11 is 0. The fourth-order valence-electron chi connectivity index (χ4n) is 1.23. The van der Waals surface area contributed by atoms with Crippen LogP contribution in [-0.4, -0.2) is 16.6 Å². The third-order valence-electron chi connectivity index (χ3n) is 2.38. The van der Waals surface area contributed by atoms with E-state index in [2.05, 4.69) is 15.5 Å². The smallest absolute Gasteiger partial charge is 0.243 e. The van der Waals surface area contributed by atoms with Crippen LogP contribution in [0.3, 0.4) is 0 Å². The Morgan fingerprint density at radius 1 is 1.47 bits per heavy atom. The van der Waals surface area contributed by atoms with Crippen LogP contribution < -0.4 is 5.43 Å². The van der Waals surface area contributed by atoms with Gasteiger partial charge in [-0.1, -0.05) is 0 Å². The van der Waals surface area contributed by atoms with Crippen molar-refractivity contribution in [2.75, 3.05) is 0 Å². The maximum absolute atomic E-state index is 11.3. The molecule has 0 unspecified atom stereocenters. The average molecular weight is 203 g/mol. The van der Waals surface area contributed by atoms with E-state index in [0.29, 0.717) is 0 Å². The van der Waals surface area contributed by atoms with Crippen LogP contribution in [0, 0.1) is 5.92 Å². The minimum Gasteiger partial charge on any atom is -0.273 e. The summed E-state index contributed by atoms with van der Waals surface area (Å²) < 4.78 is 0. The maximum Gasteiger partial charge on any atom is 0.243 e. The number of carbonyl (C=O) groups is 1. The summed E-state index contributed by atoms with van der Waals surface area (Å²) in [5.41, 5.74) is 4.34. The Balaban J connectivity index is 1.97. The predicted octanol–water partition coefficient (Wildman–Crippen LogP) is 1.33. The molecule has 1 N–H and O–H groups in total. The van der Waals surface area contributed by atoms with Crippen molar-refractivity contribution in [1.82, 2.24) is 10.4 Å². The SMILES string of the molecule is CC(=NNC(=O)C1CC1)c1ccncc1. The summed E-state index contributed by atoms with van der Waals surface area (Å²) in [6, 6.07) is 3.73. The molecule has 15 heavy (non-hydrogen) atoms. The Morgan fingerprint density at radius 3 is 2.73 bits per heavy atom. The van der Waals surface area contributed by atoms with E-state index >= 15 is 0 Å². The Hall–Kier alpha value is -1.71. The molecule has 2 rings (SSSR count). The van der Waals surface area contributed by atoms with Gasteiger partial charge in [-0.2, -0.15) is 5.10 Å². The number of nitrogens with zero attached hydrogens (tertiary/aromatic N) is 2. The van der Waals surface area contributed by atoms with Crippen LogP contribution >= 0.6 is 0 Å². The second kappa shape index (κ2) is 4.21. The lowest BCUT2D eigenvalue weighted by atomic mass is 10.2. The molecule has 1 heterocycles. The highest BCUT2D eigenvalue weighted by molar-refractivity contribution is 5.99. The van der Waals surface area contributed by atoms with Crippen molar-refractivity contribution in [3.63, 3.8) is 0 Å². The number of pyridine rings is 1. The molecular formula is C11H13N3O. The van der Waals surface area contributed by atoms with Gasteiger partial charge in [-0.15, -0.1) is 0 Å². The van der Waals surface area contributed by atoms with Crippen LogP contribution in [0.25, 0.3) is 0 Å². The lowest BCUT2D eigenvalue weighted by Gasteiger charge is -2.01. The van der Waals surface area contributed by atoms with E-state index in [1.165, 1.54) is 0 Å². The molecule has 1 amide bonds. The maximum atomic E-state index is 11.3. The van der Waals surface area contributed by atoms with E-state index in [4.69, 9.17) is 0 Å². The highest BCUT2D eigenvalue weighted by Gasteiger charge is 2.29. The molecule has 1 fully saturated rings. The number of nitrogens with one attached hydrogen (secondary N) is 1. The number of carbonyl (C=O) groups excluding carboxylic acids is 1. The standard InChI is InChI=1S/C11H13N3O/c1-8(9-4-6-12-7-5-9)13-14-11(15)10-2-3-10/h4-7,10H,2-3H2,1H3,(H,14,15). The normalized spacial score (nSPS) is 16.2. The topological polar surface area (TPSA) is 54.4 Å². The molecule has 1 aliphatic rings. The Morgan fingerprint density at radius 2 is 2.13 bits per heavy atom. The van der Waals surface area contributed by atoms with Crippen molar-refractivity contribution in [2.45, 2.75) is 19.8 Å². The number of hydrogen-bond donors (Lipinski definition) is 1. The van der Waals surface area contributed by atoms with Crippen molar-refractivity contribution >= 4 is 11.6 Å². The number of hydrogen-bond acceptors (Lipinski definition) is 3. The van der Waals surface area contributed by atoms with Gasteiger partial charge in [-0.25, -0.2) is 5.43 Å². The molecule has 0 atom stereocenters. The minimum atomic E-state index is 0.0309. The van der Waals surface area contributed by atoms with Gasteiger partial charge in [0, 0.05) is 23.9 Å². The van der Waals surface area contributed by atoms with E-state index in [9.17, 15) is 4.79 Å². The molecule has 4 nitrogen and oxygen atoms in total. The van der Waals surface area contributed by atoms with Gasteiger partial charge < -0.3 is 0 Å². The molecular weight excluding hydrogens is 190 g/mol. The van der Waals surface area contributed by atoms with Gasteiger partial charge in [-0.3, -0.25) is 9.78 Å². The molecule has 0 saturated heterocycles. The van der Waals surface area contributed by atoms with Crippen molar-refractivity contribution < 1.29 is 4.79 Å². The van der Waals surface area contributed by atoms with Crippen LogP contribution in [0.1, 0.15) is 25.3 Å². The zero-order valence-electron chi connectivity index (χ0n) is 8.60. The highest BCUT2D eigenvalue weighted by Crippen LogP contribution is 2.28. The van der Waals surface area contributed by atoms with Crippen molar-refractivity contribution in [2.24, 2.45) is 11.0 Å². The number of rotatable bonds is 3. The summed E-state index contributed by atoms with van der Waals surface area (Å²) in [4.78, 5) is 15.2. The van der Waals surface area contributed by atoms with Gasteiger partial charge in [0.2, 0.25) is 5.91 Å². The zero-order valence-corrected chi connectivity index (χ0v) is 8.60. The Labute approximate surface area is 88.4 Å². The van der Waals surface area contributed by atoms with Gasteiger partial charge >= 0.3 is 0 Å². The van der Waals surface area contributed by atoms with E-state index in [1.807, 2.05) is 19.1 Å². The molecule has 1 aromatic rings. The molecule has 0 bridgehead atoms. The van der Waals surface area contributed by atoms with Gasteiger partial charge in [0.1, 0.15) is 0 Å². The van der Waals surface area contributed by atoms with Crippen molar-refractivity contribution in [3.05, 3.63) is 30.1 Å². The molecule has 1 aliphatic carbocycles. The Bertz CT molecular complexity index is 382. The first kappa shape index (κ1) is 9.83. The first-order valence-corrected chi connectivity index (χ1v) is 5.02. The summed E-state index contributed by atoms with van der Waals surface area (Å²) in [7, 11) is 0. The highest BCUT2D eigenvalue weighted by atomic mass is 16.2. The van der Waals surface area contributed by atoms with E-state index in [-0.39, 0.29) is 11.8 Å². The summed E-state index contributed by atoms with van der Waals surface area (Å²) in [5.74, 6) is 0.224. The average Bonchev–Trinajstić information content (AvgIpc) is 3.10. The third kappa shape index (κ3) is 2.62. The lowest BCUT2D eigenvalue weighted by Crippen LogP contribution is -2.20. The number of amides is 1. The molecule has 1 aromatic heterocycles. The molecule has 0 aliphatic heterocycles. The number of aromatic nitrogens is 1.